The van der Waals surface area contributed by atoms with E-state index in [0.29, 0.717) is 10.8 Å². The zero-order chi connectivity index (χ0) is 18.9. The molecule has 0 aromatic heterocycles. The molecule has 0 heterocycles. The molecule has 0 unspecified atom stereocenters. The molecule has 0 fully saturated rings. The van der Waals surface area contributed by atoms with Crippen molar-refractivity contribution in [2.24, 2.45) is 5.41 Å². The van der Waals surface area contributed by atoms with E-state index in [1.165, 1.54) is 18.2 Å². The highest BCUT2D eigenvalue weighted by atomic mass is 28.2. The molecule has 0 radical (unpaired) electrons. The Morgan fingerprint density at radius 3 is 2.44 bits per heavy atom. The molecule has 25 heavy (non-hydrogen) atoms. The number of phenols is 2. The van der Waals surface area contributed by atoms with Crippen molar-refractivity contribution in [2.45, 2.75) is 27.4 Å². The Morgan fingerprint density at radius 1 is 1.28 bits per heavy atom. The molecule has 3 N–H and O–H groups in total. The third kappa shape index (κ3) is 3.72. The van der Waals surface area contributed by atoms with Gasteiger partial charge in [-0.15, -0.1) is 0 Å². The van der Waals surface area contributed by atoms with E-state index in [9.17, 15) is 29.9 Å². The molecule has 0 saturated carbocycles. The molecule has 0 amide bonds. The van der Waals surface area contributed by atoms with Crippen LogP contribution in [-0.2, 0) is 16.1 Å². The molecular formula is C16H19NO7Si. The van der Waals surface area contributed by atoms with Crippen LogP contribution < -0.4 is 5.19 Å². The Bertz CT molecular complexity index is 858. The molecule has 9 heteroatoms. The number of benzene rings is 2. The molecule has 0 aliphatic heterocycles. The maximum absolute atomic E-state index is 11.9. The van der Waals surface area contributed by atoms with E-state index in [2.05, 4.69) is 0 Å². The summed E-state index contributed by atoms with van der Waals surface area (Å²) >= 11 is 0. The summed E-state index contributed by atoms with van der Waals surface area (Å²) in [5.74, 6) is -1.39. The van der Waals surface area contributed by atoms with Crippen molar-refractivity contribution in [3.8, 4) is 11.5 Å². The first kappa shape index (κ1) is 18.7. The molecule has 0 saturated heterocycles. The van der Waals surface area contributed by atoms with Crippen LogP contribution in [0.3, 0.4) is 0 Å². The van der Waals surface area contributed by atoms with Crippen LogP contribution in [0.1, 0.15) is 26.3 Å². The van der Waals surface area contributed by atoms with Crippen molar-refractivity contribution >= 4 is 37.4 Å². The molecule has 0 aliphatic carbocycles. The number of carbonyl (C=O) groups is 1. The van der Waals surface area contributed by atoms with Crippen molar-refractivity contribution in [1.82, 2.24) is 0 Å². The summed E-state index contributed by atoms with van der Waals surface area (Å²) in [4.78, 5) is 32.2. The number of esters is 1. The minimum Gasteiger partial charge on any atom is -0.504 e. The maximum atomic E-state index is 11.9. The molecule has 0 atom stereocenters. The summed E-state index contributed by atoms with van der Waals surface area (Å²) in [6, 6.07) is 3.88. The van der Waals surface area contributed by atoms with Crippen LogP contribution in [0.15, 0.2) is 18.2 Å². The van der Waals surface area contributed by atoms with Gasteiger partial charge in [-0.2, -0.15) is 0 Å². The van der Waals surface area contributed by atoms with Crippen LogP contribution in [0.2, 0.25) is 0 Å². The van der Waals surface area contributed by atoms with Crippen molar-refractivity contribution in [2.75, 3.05) is 0 Å². The third-order valence-electron chi connectivity index (χ3n) is 3.72. The molecule has 0 spiro atoms. The third-order valence-corrected chi connectivity index (χ3v) is 4.75. The summed E-state index contributed by atoms with van der Waals surface area (Å²) in [7, 11) is -1.89. The van der Waals surface area contributed by atoms with Gasteiger partial charge in [0.2, 0.25) is 0 Å². The van der Waals surface area contributed by atoms with Gasteiger partial charge in [-0.3, -0.25) is 14.9 Å². The molecular weight excluding hydrogens is 346 g/mol. The van der Waals surface area contributed by atoms with Crippen LogP contribution >= 0.6 is 0 Å². The number of nitro benzene ring substituents is 1. The normalized spacial score (nSPS) is 12.0. The largest absolute Gasteiger partial charge is 0.504 e. The highest BCUT2D eigenvalue weighted by molar-refractivity contribution is 6.52. The van der Waals surface area contributed by atoms with Crippen molar-refractivity contribution in [3.05, 3.63) is 33.9 Å². The van der Waals surface area contributed by atoms with Gasteiger partial charge in [-0.1, -0.05) is 0 Å². The number of fused-ring (bicyclic) bond motifs is 1. The molecule has 2 aromatic rings. The highest BCUT2D eigenvalue weighted by Gasteiger charge is 2.25. The zero-order valence-corrected chi connectivity index (χ0v) is 15.5. The Balaban J connectivity index is 2.57. The second kappa shape index (κ2) is 6.69. The lowest BCUT2D eigenvalue weighted by atomic mass is 9.97. The summed E-state index contributed by atoms with van der Waals surface area (Å²) in [5, 5.41) is 31.8. The monoisotopic (exact) mass is 365 g/mol. The van der Waals surface area contributed by atoms with Gasteiger partial charge in [-0.25, -0.2) is 0 Å². The van der Waals surface area contributed by atoms with E-state index >= 15 is 0 Å². The molecule has 2 rings (SSSR count). The average Bonchev–Trinajstić information content (AvgIpc) is 2.52. The Labute approximate surface area is 145 Å². The SMILES string of the molecule is CC(C)(C)C(=O)OCc1cc2cc(O)c(O)c([SiH2]O)c2cc1[N+](=O)[O-]. The van der Waals surface area contributed by atoms with Gasteiger partial charge >= 0.3 is 5.97 Å². The molecule has 0 bridgehead atoms. The zero-order valence-electron chi connectivity index (χ0n) is 14.1. The quantitative estimate of drug-likeness (QED) is 0.242. The van der Waals surface area contributed by atoms with Crippen LogP contribution in [0.25, 0.3) is 10.8 Å². The fourth-order valence-corrected chi connectivity index (χ4v) is 3.14. The number of aromatic hydroxyl groups is 2. The van der Waals surface area contributed by atoms with E-state index in [-0.39, 0.29) is 23.0 Å². The van der Waals surface area contributed by atoms with E-state index in [1.54, 1.807) is 20.8 Å². The van der Waals surface area contributed by atoms with Gasteiger partial charge in [0.15, 0.2) is 21.3 Å². The van der Waals surface area contributed by atoms with Gasteiger partial charge in [0.25, 0.3) is 5.69 Å². The molecule has 2 aromatic carbocycles. The van der Waals surface area contributed by atoms with E-state index in [4.69, 9.17) is 4.74 Å². The molecule has 0 aliphatic rings. The van der Waals surface area contributed by atoms with Gasteiger partial charge in [0.1, 0.15) is 6.61 Å². The van der Waals surface area contributed by atoms with Gasteiger partial charge < -0.3 is 19.7 Å². The number of carbonyl (C=O) groups excluding carboxylic acids is 1. The van der Waals surface area contributed by atoms with Gasteiger partial charge in [0, 0.05) is 11.3 Å². The van der Waals surface area contributed by atoms with Crippen LogP contribution in [0.4, 0.5) is 5.69 Å². The summed E-state index contributed by atoms with van der Waals surface area (Å²) in [6.45, 7) is 4.71. The minimum absolute atomic E-state index is 0.122. The van der Waals surface area contributed by atoms with Gasteiger partial charge in [-0.05, 0) is 43.7 Å². The lowest BCUT2D eigenvalue weighted by Crippen LogP contribution is -2.23. The van der Waals surface area contributed by atoms with Crippen molar-refractivity contribution in [3.63, 3.8) is 0 Å². The number of nitrogens with zero attached hydrogens (tertiary/aromatic N) is 1. The lowest BCUT2D eigenvalue weighted by Gasteiger charge is -2.17. The van der Waals surface area contributed by atoms with Crippen molar-refractivity contribution in [1.29, 1.82) is 0 Å². The second-order valence-electron chi connectivity index (χ2n) is 6.67. The predicted molar refractivity (Wildman–Crippen MR) is 93.6 cm³/mol. The van der Waals surface area contributed by atoms with Crippen LogP contribution in [0.5, 0.6) is 11.5 Å². The fraction of sp³-hybridized carbons (Fsp3) is 0.312. The summed E-state index contributed by atoms with van der Waals surface area (Å²) in [5.41, 5.74) is -0.875. The molecule has 134 valence electrons. The topological polar surface area (TPSA) is 130 Å². The summed E-state index contributed by atoms with van der Waals surface area (Å²) < 4.78 is 5.15. The second-order valence-corrected chi connectivity index (χ2v) is 7.69. The number of hydrogen-bond acceptors (Lipinski definition) is 7. The lowest BCUT2D eigenvalue weighted by molar-refractivity contribution is -0.385. The average molecular weight is 365 g/mol. The fourth-order valence-electron chi connectivity index (χ4n) is 2.34. The molecule has 8 nitrogen and oxygen atoms in total. The van der Waals surface area contributed by atoms with Crippen LogP contribution in [0, 0.1) is 15.5 Å². The number of phenolic OH excluding ortho intramolecular Hbond substituents is 2. The van der Waals surface area contributed by atoms with E-state index in [0.717, 1.165) is 0 Å². The number of hydrogen-bond donors (Lipinski definition) is 3. The minimum atomic E-state index is -1.89. The Morgan fingerprint density at radius 2 is 1.92 bits per heavy atom. The standard InChI is InChI=1S/C16H19NO7Si/c1-16(2,3)15(20)24-7-9-4-8-5-12(18)13(19)14(25-23)10(8)6-11(9)17(21)22/h4-6,18-19,23H,7,25H2,1-3H3. The first-order valence-electron chi connectivity index (χ1n) is 7.49. The first-order valence-corrected chi connectivity index (χ1v) is 8.83. The first-order chi connectivity index (χ1) is 11.6. The highest BCUT2D eigenvalue weighted by Crippen LogP contribution is 2.32. The van der Waals surface area contributed by atoms with E-state index in [1.807, 2.05) is 0 Å². The smallest absolute Gasteiger partial charge is 0.311 e. The van der Waals surface area contributed by atoms with Crippen LogP contribution in [-0.4, -0.2) is 35.7 Å². The summed E-state index contributed by atoms with van der Waals surface area (Å²) in [6.07, 6.45) is 0. The maximum Gasteiger partial charge on any atom is 0.311 e. The Kier molecular flexibility index (Phi) is 5.00. The number of rotatable bonds is 4. The number of nitro groups is 1. The predicted octanol–water partition coefficient (Wildman–Crippen LogP) is 0.950. The van der Waals surface area contributed by atoms with Crippen molar-refractivity contribution < 1.29 is 29.5 Å². The Hall–Kier alpha value is -2.65. The van der Waals surface area contributed by atoms with E-state index < -0.39 is 37.6 Å². The number of ether oxygens (including phenoxy) is 1. The van der Waals surface area contributed by atoms with Gasteiger partial charge in [0.05, 0.1) is 15.9 Å².